The van der Waals surface area contributed by atoms with Crippen molar-refractivity contribution in [1.82, 2.24) is 4.90 Å². The number of hydrogen-bond acceptors (Lipinski definition) is 2. The Morgan fingerprint density at radius 3 is 2.59 bits per heavy atom. The van der Waals surface area contributed by atoms with E-state index in [4.69, 9.17) is 5.73 Å². The first-order valence-electron chi connectivity index (χ1n) is 6.66. The molecule has 2 heteroatoms. The van der Waals surface area contributed by atoms with E-state index in [1.807, 2.05) is 0 Å². The van der Waals surface area contributed by atoms with Crippen molar-refractivity contribution >= 4 is 0 Å². The number of nitrogens with two attached hydrogens (primary N) is 1. The highest BCUT2D eigenvalue weighted by Crippen LogP contribution is 2.22. The second-order valence-corrected chi connectivity index (χ2v) is 5.48. The molecule has 1 fully saturated rings. The van der Waals surface area contributed by atoms with E-state index in [1.54, 1.807) is 0 Å². The maximum absolute atomic E-state index is 6.05. The Morgan fingerprint density at radius 1 is 1.24 bits per heavy atom. The Morgan fingerprint density at radius 2 is 1.94 bits per heavy atom. The topological polar surface area (TPSA) is 29.3 Å². The molecule has 2 rings (SSSR count). The molecular formula is C15H24N2. The summed E-state index contributed by atoms with van der Waals surface area (Å²) in [6, 6.07) is 9.92. The summed E-state index contributed by atoms with van der Waals surface area (Å²) in [7, 11) is 2.22. The Hall–Kier alpha value is -0.860. The second-order valence-electron chi connectivity index (χ2n) is 5.48. The third kappa shape index (κ3) is 3.55. The van der Waals surface area contributed by atoms with Crippen LogP contribution in [0.5, 0.6) is 0 Å². The van der Waals surface area contributed by atoms with E-state index in [2.05, 4.69) is 43.1 Å². The molecule has 0 radical (unpaired) electrons. The summed E-state index contributed by atoms with van der Waals surface area (Å²) in [5.74, 6) is 0. The van der Waals surface area contributed by atoms with Crippen LogP contribution >= 0.6 is 0 Å². The van der Waals surface area contributed by atoms with Gasteiger partial charge in [0.2, 0.25) is 0 Å². The molecule has 1 aliphatic carbocycles. The van der Waals surface area contributed by atoms with E-state index in [0.717, 1.165) is 13.0 Å². The van der Waals surface area contributed by atoms with Gasteiger partial charge in [-0.05, 0) is 38.8 Å². The predicted octanol–water partition coefficient (Wildman–Crippen LogP) is 2.70. The molecular weight excluding hydrogens is 208 g/mol. The minimum absolute atomic E-state index is 0.411. The molecule has 0 aromatic heterocycles. The molecule has 0 amide bonds. The van der Waals surface area contributed by atoms with Crippen LogP contribution in [0.25, 0.3) is 0 Å². The van der Waals surface area contributed by atoms with Gasteiger partial charge < -0.3 is 5.73 Å². The predicted molar refractivity (Wildman–Crippen MR) is 72.9 cm³/mol. The summed E-state index contributed by atoms with van der Waals surface area (Å²) in [6.45, 7) is 3.17. The monoisotopic (exact) mass is 232 g/mol. The van der Waals surface area contributed by atoms with Gasteiger partial charge >= 0.3 is 0 Å². The molecule has 0 saturated heterocycles. The third-order valence-corrected chi connectivity index (χ3v) is 3.86. The lowest BCUT2D eigenvalue weighted by molar-refractivity contribution is 0.173. The number of nitrogens with zero attached hydrogens (tertiary/aromatic N) is 1. The number of hydrogen-bond donors (Lipinski definition) is 1. The summed E-state index contributed by atoms with van der Waals surface area (Å²) in [5.41, 5.74) is 8.78. The molecule has 2 N–H and O–H groups in total. The lowest BCUT2D eigenvalue weighted by Crippen LogP contribution is -2.40. The zero-order valence-corrected chi connectivity index (χ0v) is 11.0. The van der Waals surface area contributed by atoms with Crippen molar-refractivity contribution in [3.05, 3.63) is 35.4 Å². The molecule has 17 heavy (non-hydrogen) atoms. The van der Waals surface area contributed by atoms with E-state index in [-0.39, 0.29) is 0 Å². The largest absolute Gasteiger partial charge is 0.328 e. The van der Waals surface area contributed by atoms with Gasteiger partial charge in [-0.3, -0.25) is 4.90 Å². The van der Waals surface area contributed by atoms with Crippen molar-refractivity contribution in [2.45, 2.75) is 51.2 Å². The third-order valence-electron chi connectivity index (χ3n) is 3.86. The van der Waals surface area contributed by atoms with Gasteiger partial charge in [-0.25, -0.2) is 0 Å². The normalized spacial score (nSPS) is 25.2. The highest BCUT2D eigenvalue weighted by Gasteiger charge is 2.22. The van der Waals surface area contributed by atoms with E-state index >= 15 is 0 Å². The van der Waals surface area contributed by atoms with Crippen LogP contribution in [0.4, 0.5) is 0 Å². The average Bonchev–Trinajstić information content (AvgIpc) is 2.32. The van der Waals surface area contributed by atoms with E-state index in [0.29, 0.717) is 12.1 Å². The Labute approximate surface area is 105 Å². The minimum Gasteiger partial charge on any atom is -0.328 e. The maximum Gasteiger partial charge on any atom is 0.0233 e. The highest BCUT2D eigenvalue weighted by molar-refractivity contribution is 5.21. The van der Waals surface area contributed by atoms with Gasteiger partial charge in [-0.1, -0.05) is 36.2 Å². The molecule has 0 heterocycles. The quantitative estimate of drug-likeness (QED) is 0.868. The minimum atomic E-state index is 0.411. The van der Waals surface area contributed by atoms with Crippen molar-refractivity contribution in [3.63, 3.8) is 0 Å². The van der Waals surface area contributed by atoms with Crippen LogP contribution < -0.4 is 5.73 Å². The summed E-state index contributed by atoms with van der Waals surface area (Å²) >= 11 is 0. The number of benzene rings is 1. The van der Waals surface area contributed by atoms with Crippen molar-refractivity contribution < 1.29 is 0 Å². The summed E-state index contributed by atoms with van der Waals surface area (Å²) in [4.78, 5) is 2.46. The van der Waals surface area contributed by atoms with Gasteiger partial charge in [-0.15, -0.1) is 0 Å². The van der Waals surface area contributed by atoms with Crippen LogP contribution in [0.1, 0.15) is 36.8 Å². The SMILES string of the molecule is Cc1ccc(CN(C)C2CCCC(N)C2)cc1. The molecule has 0 spiro atoms. The summed E-state index contributed by atoms with van der Waals surface area (Å²) in [5, 5.41) is 0. The van der Waals surface area contributed by atoms with Crippen LogP contribution in [-0.4, -0.2) is 24.0 Å². The van der Waals surface area contributed by atoms with Crippen LogP contribution in [0.15, 0.2) is 24.3 Å². The summed E-state index contributed by atoms with van der Waals surface area (Å²) < 4.78 is 0. The fourth-order valence-corrected chi connectivity index (χ4v) is 2.71. The molecule has 2 nitrogen and oxygen atoms in total. The van der Waals surface area contributed by atoms with Crippen molar-refractivity contribution in [2.75, 3.05) is 7.05 Å². The van der Waals surface area contributed by atoms with Crippen LogP contribution in [-0.2, 0) is 6.54 Å². The number of rotatable bonds is 3. The van der Waals surface area contributed by atoms with Gasteiger partial charge in [0.1, 0.15) is 0 Å². The Kier molecular flexibility index (Phi) is 4.19. The van der Waals surface area contributed by atoms with Gasteiger partial charge in [-0.2, -0.15) is 0 Å². The second kappa shape index (κ2) is 5.65. The molecule has 2 unspecified atom stereocenters. The molecule has 1 aromatic carbocycles. The highest BCUT2D eigenvalue weighted by atomic mass is 15.1. The smallest absolute Gasteiger partial charge is 0.0233 e. The summed E-state index contributed by atoms with van der Waals surface area (Å²) in [6.07, 6.45) is 4.94. The zero-order chi connectivity index (χ0) is 12.3. The average molecular weight is 232 g/mol. The first-order chi connectivity index (χ1) is 8.15. The van der Waals surface area contributed by atoms with E-state index < -0.39 is 0 Å². The van der Waals surface area contributed by atoms with Gasteiger partial charge in [0, 0.05) is 18.6 Å². The fourth-order valence-electron chi connectivity index (χ4n) is 2.71. The molecule has 0 aliphatic heterocycles. The standard InChI is InChI=1S/C15H24N2/c1-12-6-8-13(9-7-12)11-17(2)15-5-3-4-14(16)10-15/h6-9,14-15H,3-5,10-11,16H2,1-2H3. The Balaban J connectivity index is 1.91. The zero-order valence-electron chi connectivity index (χ0n) is 11.0. The van der Waals surface area contributed by atoms with E-state index in [1.165, 1.54) is 30.4 Å². The Bertz CT molecular complexity index is 344. The van der Waals surface area contributed by atoms with Gasteiger partial charge in [0.05, 0.1) is 0 Å². The van der Waals surface area contributed by atoms with Crippen LogP contribution in [0.2, 0.25) is 0 Å². The number of aryl methyl sites for hydroxylation is 1. The maximum atomic E-state index is 6.05. The van der Waals surface area contributed by atoms with Crippen molar-refractivity contribution in [1.29, 1.82) is 0 Å². The molecule has 0 bridgehead atoms. The molecule has 1 aliphatic rings. The lowest BCUT2D eigenvalue weighted by atomic mass is 9.90. The van der Waals surface area contributed by atoms with E-state index in [9.17, 15) is 0 Å². The molecule has 1 saturated carbocycles. The first kappa shape index (κ1) is 12.6. The lowest BCUT2D eigenvalue weighted by Gasteiger charge is -2.34. The molecule has 2 atom stereocenters. The molecule has 94 valence electrons. The van der Waals surface area contributed by atoms with Crippen LogP contribution in [0.3, 0.4) is 0 Å². The van der Waals surface area contributed by atoms with Crippen molar-refractivity contribution in [2.24, 2.45) is 5.73 Å². The fraction of sp³-hybridized carbons (Fsp3) is 0.600. The first-order valence-corrected chi connectivity index (χ1v) is 6.66. The molecule has 1 aromatic rings. The van der Waals surface area contributed by atoms with Crippen molar-refractivity contribution in [3.8, 4) is 0 Å². The van der Waals surface area contributed by atoms with Crippen LogP contribution in [0, 0.1) is 6.92 Å². The van der Waals surface area contributed by atoms with Gasteiger partial charge in [0.25, 0.3) is 0 Å². The van der Waals surface area contributed by atoms with Gasteiger partial charge in [0.15, 0.2) is 0 Å².